The van der Waals surface area contributed by atoms with Gasteiger partial charge in [0, 0.05) is 21.6 Å². The largest absolute Gasteiger partial charge is 0.456 e. The molecule has 1 heterocycles. The van der Waals surface area contributed by atoms with E-state index in [1.807, 2.05) is 42.7 Å². The van der Waals surface area contributed by atoms with Crippen LogP contribution in [-0.2, 0) is 0 Å². The van der Waals surface area contributed by atoms with Crippen molar-refractivity contribution in [3.05, 3.63) is 64.6 Å². The van der Waals surface area contributed by atoms with Gasteiger partial charge in [-0.25, -0.2) is 0 Å². The Hall–Kier alpha value is -1.23. The molecule has 2 aromatic rings. The summed E-state index contributed by atoms with van der Waals surface area (Å²) in [4.78, 5) is 1.14. The molecule has 0 amide bonds. The maximum absolute atomic E-state index is 6.02. The summed E-state index contributed by atoms with van der Waals surface area (Å²) < 4.78 is 6.94. The molecule has 1 nitrogen and oxygen atoms in total. The molecule has 1 aliphatic rings. The van der Waals surface area contributed by atoms with Crippen molar-refractivity contribution in [3.63, 3.8) is 0 Å². The number of thioether (sulfide) groups is 2. The molecule has 0 spiro atoms. The van der Waals surface area contributed by atoms with Gasteiger partial charge < -0.3 is 4.74 Å². The van der Waals surface area contributed by atoms with Gasteiger partial charge in [-0.1, -0.05) is 48.6 Å². The Balaban J connectivity index is 2.33. The summed E-state index contributed by atoms with van der Waals surface area (Å²) in [6, 6.07) is 16.3. The Morgan fingerprint density at radius 2 is 1.38 bits per heavy atom. The third-order valence-electron chi connectivity index (χ3n) is 3.33. The van der Waals surface area contributed by atoms with Gasteiger partial charge in [0.2, 0.25) is 0 Å². The van der Waals surface area contributed by atoms with Crippen LogP contribution in [-0.4, -0.2) is 16.7 Å². The fourth-order valence-electron chi connectivity index (χ4n) is 2.41. The number of thiocarbonyl (C=S) groups is 1. The third kappa shape index (κ3) is 2.63. The lowest BCUT2D eigenvalue weighted by Crippen LogP contribution is -2.06. The van der Waals surface area contributed by atoms with Crippen LogP contribution in [0.1, 0.15) is 11.1 Å². The van der Waals surface area contributed by atoms with Crippen molar-refractivity contribution in [1.82, 2.24) is 0 Å². The summed E-state index contributed by atoms with van der Waals surface area (Å²) in [5, 5.41) is 0. The van der Waals surface area contributed by atoms with Crippen molar-refractivity contribution in [2.45, 2.75) is 0 Å². The molecule has 0 aromatic heterocycles. The standard InChI is InChI=1S/C17H14OS3/c1-20-16(17(19)21-2)15-11-7-3-5-9-13(11)18-14-10-6-4-8-12(14)15/h3-10H,1-2H3. The van der Waals surface area contributed by atoms with Gasteiger partial charge >= 0.3 is 0 Å². The summed E-state index contributed by atoms with van der Waals surface area (Å²) in [5.74, 6) is 1.78. The van der Waals surface area contributed by atoms with E-state index in [1.165, 1.54) is 5.57 Å². The van der Waals surface area contributed by atoms with Crippen LogP contribution in [0.3, 0.4) is 0 Å². The van der Waals surface area contributed by atoms with E-state index in [1.54, 1.807) is 23.5 Å². The van der Waals surface area contributed by atoms with Crippen LogP contribution in [0.15, 0.2) is 53.4 Å². The van der Waals surface area contributed by atoms with E-state index in [0.717, 1.165) is 31.7 Å². The Kier molecular flexibility index (Phi) is 4.38. The number of rotatable bonds is 2. The third-order valence-corrected chi connectivity index (χ3v) is 5.69. The van der Waals surface area contributed by atoms with Crippen LogP contribution in [0.5, 0.6) is 11.5 Å². The lowest BCUT2D eigenvalue weighted by Gasteiger charge is -2.25. The van der Waals surface area contributed by atoms with E-state index in [-0.39, 0.29) is 0 Å². The molecule has 21 heavy (non-hydrogen) atoms. The van der Waals surface area contributed by atoms with Gasteiger partial charge in [0.05, 0.1) is 4.20 Å². The number of fused-ring (bicyclic) bond motifs is 2. The molecule has 0 N–H and O–H groups in total. The monoisotopic (exact) mass is 330 g/mol. The predicted molar refractivity (Wildman–Crippen MR) is 98.6 cm³/mol. The van der Waals surface area contributed by atoms with Crippen LogP contribution >= 0.6 is 35.7 Å². The Bertz CT molecular complexity index is 687. The molecule has 4 heteroatoms. The maximum Gasteiger partial charge on any atom is 0.135 e. The zero-order valence-corrected chi connectivity index (χ0v) is 14.2. The van der Waals surface area contributed by atoms with Gasteiger partial charge in [0.15, 0.2) is 0 Å². The molecule has 0 unspecified atom stereocenters. The van der Waals surface area contributed by atoms with Crippen LogP contribution in [0.4, 0.5) is 0 Å². The highest BCUT2D eigenvalue weighted by molar-refractivity contribution is 8.25. The predicted octanol–water partition coefficient (Wildman–Crippen LogP) is 5.61. The average Bonchev–Trinajstić information content (AvgIpc) is 2.54. The Labute approximate surface area is 138 Å². The van der Waals surface area contributed by atoms with Crippen molar-refractivity contribution in [2.24, 2.45) is 0 Å². The lowest BCUT2D eigenvalue weighted by atomic mass is 9.94. The first kappa shape index (κ1) is 14.7. The van der Waals surface area contributed by atoms with Gasteiger partial charge in [0.1, 0.15) is 11.5 Å². The van der Waals surface area contributed by atoms with Gasteiger partial charge in [0.25, 0.3) is 0 Å². The summed E-state index contributed by atoms with van der Waals surface area (Å²) in [6.07, 6.45) is 4.10. The zero-order valence-electron chi connectivity index (χ0n) is 11.8. The van der Waals surface area contributed by atoms with Gasteiger partial charge in [-0.2, -0.15) is 0 Å². The first-order chi connectivity index (χ1) is 10.3. The minimum absolute atomic E-state index is 0.890. The molecule has 0 saturated carbocycles. The van der Waals surface area contributed by atoms with Crippen LogP contribution in [0.25, 0.3) is 5.57 Å². The van der Waals surface area contributed by atoms with Crippen LogP contribution in [0, 0.1) is 0 Å². The molecule has 3 rings (SSSR count). The van der Waals surface area contributed by atoms with Gasteiger partial charge in [-0.3, -0.25) is 0 Å². The number of para-hydroxylation sites is 2. The van der Waals surface area contributed by atoms with E-state index < -0.39 is 0 Å². The second-order valence-corrected chi connectivity index (χ2v) is 6.79. The second-order valence-electron chi connectivity index (χ2n) is 4.49. The zero-order chi connectivity index (χ0) is 14.8. The summed E-state index contributed by atoms with van der Waals surface area (Å²) >= 11 is 8.87. The average molecular weight is 330 g/mol. The normalized spacial score (nSPS) is 12.2. The highest BCUT2D eigenvalue weighted by Gasteiger charge is 2.25. The molecule has 0 bridgehead atoms. The Morgan fingerprint density at radius 3 is 1.86 bits per heavy atom. The topological polar surface area (TPSA) is 9.23 Å². The smallest absolute Gasteiger partial charge is 0.135 e. The SMILES string of the molecule is CSC(=S)C(SC)=C1c2ccccc2Oc2ccccc21. The van der Waals surface area contributed by atoms with Crippen molar-refractivity contribution in [2.75, 3.05) is 12.5 Å². The number of hydrogen-bond acceptors (Lipinski definition) is 4. The summed E-state index contributed by atoms with van der Waals surface area (Å²) in [5.41, 5.74) is 3.40. The fraction of sp³-hybridized carbons (Fsp3) is 0.118. The molecule has 0 fully saturated rings. The first-order valence-corrected chi connectivity index (χ1v) is 9.35. The fourth-order valence-corrected chi connectivity index (χ4v) is 4.14. The molecular formula is C17H14OS3. The molecule has 2 aromatic carbocycles. The van der Waals surface area contributed by atoms with Gasteiger partial charge in [-0.15, -0.1) is 23.5 Å². The quantitative estimate of drug-likeness (QED) is 0.446. The highest BCUT2D eigenvalue weighted by atomic mass is 32.2. The molecule has 1 aliphatic heterocycles. The molecule has 0 atom stereocenters. The van der Waals surface area contributed by atoms with Crippen molar-refractivity contribution < 1.29 is 4.74 Å². The molecule has 0 aliphatic carbocycles. The number of hydrogen-bond donors (Lipinski definition) is 0. The maximum atomic E-state index is 6.02. The lowest BCUT2D eigenvalue weighted by molar-refractivity contribution is 0.474. The first-order valence-electron chi connectivity index (χ1n) is 6.49. The molecule has 0 radical (unpaired) electrons. The van der Waals surface area contributed by atoms with Crippen molar-refractivity contribution in [3.8, 4) is 11.5 Å². The van der Waals surface area contributed by atoms with E-state index >= 15 is 0 Å². The minimum Gasteiger partial charge on any atom is -0.456 e. The molecule has 0 saturated heterocycles. The Morgan fingerprint density at radius 1 is 0.857 bits per heavy atom. The number of benzene rings is 2. The van der Waals surface area contributed by atoms with E-state index in [0.29, 0.717) is 0 Å². The molecular weight excluding hydrogens is 316 g/mol. The summed E-state index contributed by atoms with van der Waals surface area (Å²) in [6.45, 7) is 0. The van der Waals surface area contributed by atoms with E-state index in [2.05, 4.69) is 18.4 Å². The second kappa shape index (κ2) is 6.26. The van der Waals surface area contributed by atoms with Crippen LogP contribution in [0.2, 0.25) is 0 Å². The minimum atomic E-state index is 0.890. The van der Waals surface area contributed by atoms with E-state index in [9.17, 15) is 0 Å². The molecule has 106 valence electrons. The van der Waals surface area contributed by atoms with E-state index in [4.69, 9.17) is 17.0 Å². The van der Waals surface area contributed by atoms with Crippen LogP contribution < -0.4 is 4.74 Å². The summed E-state index contributed by atoms with van der Waals surface area (Å²) in [7, 11) is 0. The van der Waals surface area contributed by atoms with Crippen molar-refractivity contribution in [1.29, 1.82) is 0 Å². The highest BCUT2D eigenvalue weighted by Crippen LogP contribution is 2.47. The van der Waals surface area contributed by atoms with Crippen molar-refractivity contribution >= 4 is 45.5 Å². The number of ether oxygens (including phenoxy) is 1. The van der Waals surface area contributed by atoms with Gasteiger partial charge in [-0.05, 0) is 24.6 Å².